The lowest BCUT2D eigenvalue weighted by Crippen LogP contribution is -2.16. The van der Waals surface area contributed by atoms with E-state index in [2.05, 4.69) is 30.2 Å². The van der Waals surface area contributed by atoms with Gasteiger partial charge in [0.15, 0.2) is 5.82 Å². The van der Waals surface area contributed by atoms with Crippen LogP contribution in [0.3, 0.4) is 0 Å². The number of carbonyl (C=O) groups excluding carboxylic acids is 1. The SMILES string of the molecule is CCc1nc(-n2cc(C)nc2CC)ncc1NC(=O)c1ncc[nH]1. The molecular formula is C16H19N7O. The molecule has 0 aliphatic heterocycles. The Morgan fingerprint density at radius 2 is 2.08 bits per heavy atom. The third-order valence-corrected chi connectivity index (χ3v) is 3.58. The maximum absolute atomic E-state index is 12.1. The van der Waals surface area contributed by atoms with Crippen LogP contribution in [0.4, 0.5) is 5.69 Å². The molecule has 0 aliphatic rings. The summed E-state index contributed by atoms with van der Waals surface area (Å²) in [6.07, 6.45) is 8.12. The number of hydrogen-bond acceptors (Lipinski definition) is 5. The first-order chi connectivity index (χ1) is 11.6. The molecule has 0 saturated carbocycles. The molecular weight excluding hydrogens is 306 g/mol. The Labute approximate surface area is 139 Å². The molecule has 8 nitrogen and oxygen atoms in total. The van der Waals surface area contributed by atoms with Crippen LogP contribution in [0.1, 0.15) is 41.7 Å². The van der Waals surface area contributed by atoms with Crippen molar-refractivity contribution in [3.8, 4) is 5.95 Å². The van der Waals surface area contributed by atoms with Gasteiger partial charge in [0.1, 0.15) is 5.82 Å². The second kappa shape index (κ2) is 6.61. The Morgan fingerprint density at radius 3 is 2.75 bits per heavy atom. The van der Waals surface area contributed by atoms with E-state index in [-0.39, 0.29) is 11.7 Å². The second-order valence-corrected chi connectivity index (χ2v) is 5.30. The minimum Gasteiger partial charge on any atom is -0.341 e. The molecule has 0 saturated heterocycles. The number of carbonyl (C=O) groups is 1. The lowest BCUT2D eigenvalue weighted by Gasteiger charge is -2.11. The zero-order valence-corrected chi connectivity index (χ0v) is 13.9. The van der Waals surface area contributed by atoms with Gasteiger partial charge in [0.05, 0.1) is 23.3 Å². The van der Waals surface area contributed by atoms with Crippen LogP contribution in [0.5, 0.6) is 0 Å². The molecule has 24 heavy (non-hydrogen) atoms. The van der Waals surface area contributed by atoms with Gasteiger partial charge in [-0.05, 0) is 13.3 Å². The monoisotopic (exact) mass is 325 g/mol. The fourth-order valence-corrected chi connectivity index (χ4v) is 2.44. The second-order valence-electron chi connectivity index (χ2n) is 5.30. The summed E-state index contributed by atoms with van der Waals surface area (Å²) < 4.78 is 1.88. The molecule has 3 rings (SSSR count). The minimum absolute atomic E-state index is 0.250. The molecule has 2 N–H and O–H groups in total. The van der Waals surface area contributed by atoms with Crippen molar-refractivity contribution in [3.05, 3.63) is 47.8 Å². The molecule has 0 unspecified atom stereocenters. The zero-order valence-electron chi connectivity index (χ0n) is 13.9. The van der Waals surface area contributed by atoms with E-state index in [0.717, 1.165) is 23.6 Å². The van der Waals surface area contributed by atoms with E-state index in [1.807, 2.05) is 31.5 Å². The number of hydrogen-bond donors (Lipinski definition) is 2. The van der Waals surface area contributed by atoms with Crippen LogP contribution in [0.25, 0.3) is 5.95 Å². The molecule has 0 fully saturated rings. The van der Waals surface area contributed by atoms with Crippen LogP contribution >= 0.6 is 0 Å². The summed E-state index contributed by atoms with van der Waals surface area (Å²) in [5, 5.41) is 2.79. The number of H-pyrrole nitrogens is 1. The van der Waals surface area contributed by atoms with Gasteiger partial charge in [0, 0.05) is 25.0 Å². The molecule has 124 valence electrons. The normalized spacial score (nSPS) is 10.8. The van der Waals surface area contributed by atoms with Gasteiger partial charge in [-0.25, -0.2) is 19.9 Å². The Kier molecular flexibility index (Phi) is 4.37. The number of anilines is 1. The van der Waals surface area contributed by atoms with Crippen molar-refractivity contribution in [2.24, 2.45) is 0 Å². The van der Waals surface area contributed by atoms with Crippen LogP contribution in [-0.4, -0.2) is 35.4 Å². The Bertz CT molecular complexity index is 851. The van der Waals surface area contributed by atoms with E-state index >= 15 is 0 Å². The Balaban J connectivity index is 1.92. The van der Waals surface area contributed by atoms with Gasteiger partial charge in [-0.1, -0.05) is 13.8 Å². The van der Waals surface area contributed by atoms with Crippen LogP contribution < -0.4 is 5.32 Å². The molecule has 3 aromatic heterocycles. The highest BCUT2D eigenvalue weighted by Crippen LogP contribution is 2.17. The first kappa shape index (κ1) is 15.9. The van der Waals surface area contributed by atoms with Gasteiger partial charge < -0.3 is 10.3 Å². The highest BCUT2D eigenvalue weighted by molar-refractivity contribution is 6.01. The first-order valence-corrected chi connectivity index (χ1v) is 7.84. The summed E-state index contributed by atoms with van der Waals surface area (Å²) in [5.41, 5.74) is 2.26. The summed E-state index contributed by atoms with van der Waals surface area (Å²) in [4.78, 5) is 32.3. The maximum atomic E-state index is 12.1. The first-order valence-electron chi connectivity index (χ1n) is 7.84. The predicted octanol–water partition coefficient (Wildman–Crippen LogP) is 2.07. The van der Waals surface area contributed by atoms with Crippen LogP contribution in [-0.2, 0) is 12.8 Å². The smallest absolute Gasteiger partial charge is 0.291 e. The topological polar surface area (TPSA) is 101 Å². The summed E-state index contributed by atoms with van der Waals surface area (Å²) in [6, 6.07) is 0. The molecule has 0 aliphatic carbocycles. The summed E-state index contributed by atoms with van der Waals surface area (Å²) in [7, 11) is 0. The standard InChI is InChI=1S/C16H19N7O/c1-4-11-12(21-15(24)14-17-6-7-18-14)8-19-16(22-11)23-9-10(3)20-13(23)5-2/h6-9H,4-5H2,1-3H3,(H,17,18)(H,21,24). The minimum atomic E-state index is -0.321. The molecule has 8 heteroatoms. The predicted molar refractivity (Wildman–Crippen MR) is 89.2 cm³/mol. The van der Waals surface area contributed by atoms with Crippen molar-refractivity contribution in [1.29, 1.82) is 0 Å². The summed E-state index contributed by atoms with van der Waals surface area (Å²) in [6.45, 7) is 5.96. The molecule has 0 radical (unpaired) electrons. The lowest BCUT2D eigenvalue weighted by atomic mass is 10.2. The number of aryl methyl sites for hydroxylation is 3. The van der Waals surface area contributed by atoms with Crippen molar-refractivity contribution in [2.45, 2.75) is 33.6 Å². The third-order valence-electron chi connectivity index (χ3n) is 3.58. The van der Waals surface area contributed by atoms with Gasteiger partial charge in [0.2, 0.25) is 5.95 Å². The number of aromatic nitrogens is 6. The van der Waals surface area contributed by atoms with E-state index in [1.165, 1.54) is 6.20 Å². The van der Waals surface area contributed by atoms with Crippen molar-refractivity contribution < 1.29 is 4.79 Å². The molecule has 0 spiro atoms. The van der Waals surface area contributed by atoms with Gasteiger partial charge in [-0.3, -0.25) is 9.36 Å². The number of imidazole rings is 2. The highest BCUT2D eigenvalue weighted by atomic mass is 16.2. The molecule has 0 atom stereocenters. The van der Waals surface area contributed by atoms with Gasteiger partial charge in [0.25, 0.3) is 5.91 Å². The highest BCUT2D eigenvalue weighted by Gasteiger charge is 2.14. The number of amides is 1. The molecule has 3 heterocycles. The fourth-order valence-electron chi connectivity index (χ4n) is 2.44. The van der Waals surface area contributed by atoms with E-state index in [0.29, 0.717) is 18.1 Å². The average Bonchev–Trinajstić information content (AvgIpc) is 3.24. The molecule has 0 bridgehead atoms. The number of nitrogens with one attached hydrogen (secondary N) is 2. The quantitative estimate of drug-likeness (QED) is 0.748. The third kappa shape index (κ3) is 3.03. The molecule has 3 aromatic rings. The average molecular weight is 325 g/mol. The molecule has 1 amide bonds. The van der Waals surface area contributed by atoms with Crippen LogP contribution in [0.2, 0.25) is 0 Å². The largest absolute Gasteiger partial charge is 0.341 e. The fraction of sp³-hybridized carbons (Fsp3) is 0.312. The lowest BCUT2D eigenvalue weighted by molar-refractivity contribution is 0.101. The van der Waals surface area contributed by atoms with Crippen molar-refractivity contribution in [3.63, 3.8) is 0 Å². The van der Waals surface area contributed by atoms with Gasteiger partial charge >= 0.3 is 0 Å². The van der Waals surface area contributed by atoms with Gasteiger partial charge in [-0.2, -0.15) is 0 Å². The Morgan fingerprint density at radius 1 is 1.25 bits per heavy atom. The van der Waals surface area contributed by atoms with E-state index in [1.54, 1.807) is 12.4 Å². The van der Waals surface area contributed by atoms with Crippen molar-refractivity contribution in [2.75, 3.05) is 5.32 Å². The van der Waals surface area contributed by atoms with E-state index in [9.17, 15) is 4.79 Å². The van der Waals surface area contributed by atoms with Crippen LogP contribution in [0, 0.1) is 6.92 Å². The molecule has 0 aromatic carbocycles. The Hall–Kier alpha value is -3.03. The van der Waals surface area contributed by atoms with Gasteiger partial charge in [-0.15, -0.1) is 0 Å². The van der Waals surface area contributed by atoms with Crippen LogP contribution in [0.15, 0.2) is 24.8 Å². The maximum Gasteiger partial charge on any atom is 0.291 e. The summed E-state index contributed by atoms with van der Waals surface area (Å²) >= 11 is 0. The summed E-state index contributed by atoms with van der Waals surface area (Å²) in [5.74, 6) is 1.39. The number of nitrogens with zero attached hydrogens (tertiary/aromatic N) is 5. The zero-order chi connectivity index (χ0) is 17.1. The number of rotatable bonds is 5. The van der Waals surface area contributed by atoms with Crippen molar-refractivity contribution >= 4 is 11.6 Å². The number of aromatic amines is 1. The van der Waals surface area contributed by atoms with Crippen molar-refractivity contribution in [1.82, 2.24) is 29.5 Å². The van der Waals surface area contributed by atoms with E-state index < -0.39 is 0 Å². The van der Waals surface area contributed by atoms with E-state index in [4.69, 9.17) is 0 Å².